The summed E-state index contributed by atoms with van der Waals surface area (Å²) in [6.07, 6.45) is 8.03. The van der Waals surface area contributed by atoms with Crippen molar-refractivity contribution in [2.45, 2.75) is 26.7 Å². The van der Waals surface area contributed by atoms with Crippen LogP contribution in [0.25, 0.3) is 55.3 Å². The highest BCUT2D eigenvalue weighted by Crippen LogP contribution is 2.35. The average molecular weight is 523 g/mol. The van der Waals surface area contributed by atoms with Gasteiger partial charge in [0.15, 0.2) is 22.9 Å². The number of imidazole rings is 1. The first-order valence-corrected chi connectivity index (χ1v) is 12.9. The molecule has 0 aliphatic carbocycles. The topological polar surface area (TPSA) is 142 Å². The van der Waals surface area contributed by atoms with E-state index in [9.17, 15) is 9.59 Å². The smallest absolute Gasteiger partial charge is 0.224 e. The third-order valence-corrected chi connectivity index (χ3v) is 7.30. The minimum absolute atomic E-state index is 0.0321. The van der Waals surface area contributed by atoms with Crippen LogP contribution in [0.15, 0.2) is 55.1 Å². The van der Waals surface area contributed by atoms with E-state index in [4.69, 9.17) is 4.98 Å². The summed E-state index contributed by atoms with van der Waals surface area (Å²) in [6, 6.07) is 9.49. The number of aromatic nitrogens is 7. The predicted octanol–water partition coefficient (Wildman–Crippen LogP) is 5.63. The second-order valence-electron chi connectivity index (χ2n) is 8.81. The number of aromatic amines is 2. The number of ketones is 1. The molecule has 0 saturated carbocycles. The van der Waals surface area contributed by atoms with Gasteiger partial charge in [-0.05, 0) is 43.7 Å². The second-order valence-corrected chi connectivity index (χ2v) is 9.90. The lowest BCUT2D eigenvalue weighted by Gasteiger charge is -2.07. The summed E-state index contributed by atoms with van der Waals surface area (Å²) < 4.78 is 0. The van der Waals surface area contributed by atoms with Gasteiger partial charge in [0.2, 0.25) is 5.91 Å². The van der Waals surface area contributed by atoms with Gasteiger partial charge in [-0.2, -0.15) is 5.10 Å². The van der Waals surface area contributed by atoms with E-state index in [1.807, 2.05) is 37.3 Å². The third-order valence-electron chi connectivity index (χ3n) is 6.08. The summed E-state index contributed by atoms with van der Waals surface area (Å²) >= 11 is 1.43. The van der Waals surface area contributed by atoms with Gasteiger partial charge in [-0.3, -0.25) is 19.7 Å². The molecule has 0 radical (unpaired) electrons. The van der Waals surface area contributed by atoms with Crippen molar-refractivity contribution in [3.8, 4) is 33.1 Å². The van der Waals surface area contributed by atoms with Crippen molar-refractivity contribution in [2.24, 2.45) is 0 Å². The molecule has 38 heavy (non-hydrogen) atoms. The lowest BCUT2D eigenvalue weighted by molar-refractivity contribution is -0.116. The minimum Gasteiger partial charge on any atom is -0.325 e. The number of nitrogens with one attached hydrogen (secondary N) is 3. The molecule has 0 saturated heterocycles. The van der Waals surface area contributed by atoms with Crippen molar-refractivity contribution in [2.75, 3.05) is 5.32 Å². The van der Waals surface area contributed by atoms with E-state index in [0.29, 0.717) is 45.3 Å². The molecule has 0 aliphatic rings. The summed E-state index contributed by atoms with van der Waals surface area (Å²) in [4.78, 5) is 46.9. The molecule has 0 bridgehead atoms. The molecule has 0 atom stereocenters. The van der Waals surface area contributed by atoms with Gasteiger partial charge in [-0.1, -0.05) is 6.92 Å². The van der Waals surface area contributed by atoms with E-state index in [-0.39, 0.29) is 11.7 Å². The zero-order chi connectivity index (χ0) is 26.2. The number of anilines is 1. The van der Waals surface area contributed by atoms with E-state index in [0.717, 1.165) is 33.4 Å². The van der Waals surface area contributed by atoms with Crippen molar-refractivity contribution in [3.63, 3.8) is 0 Å². The van der Waals surface area contributed by atoms with Crippen molar-refractivity contribution in [1.82, 2.24) is 35.1 Å². The van der Waals surface area contributed by atoms with Crippen LogP contribution >= 0.6 is 11.3 Å². The molecule has 0 aromatic carbocycles. The first-order chi connectivity index (χ1) is 18.5. The standard InChI is InChI=1S/C27H22N8O2S/c1-3-4-22(37)31-17-9-15(11-28-13-17)16-10-19-24(34-35-25(19)30-12-16)27-32-23-18(7-8-29-26(23)33-27)21-6-5-20(38-21)14(2)36/h5-13H,3-4H2,1-2H3,(H,31,37)(H,29,32,33)(H,30,34,35). The second kappa shape index (κ2) is 9.60. The van der Waals surface area contributed by atoms with E-state index >= 15 is 0 Å². The number of carbonyl (C=O) groups excluding carboxylic acids is 2. The maximum absolute atomic E-state index is 12.0. The van der Waals surface area contributed by atoms with Crippen LogP contribution in [0.1, 0.15) is 36.4 Å². The van der Waals surface area contributed by atoms with Crippen LogP contribution in [0, 0.1) is 0 Å². The Morgan fingerprint density at radius 3 is 2.71 bits per heavy atom. The number of amides is 1. The summed E-state index contributed by atoms with van der Waals surface area (Å²) in [5.74, 6) is 0.534. The number of hydrogen-bond donors (Lipinski definition) is 3. The normalized spacial score (nSPS) is 11.3. The number of Topliss-reactive ketones (excluding diaryl/α,β-unsaturated/α-hetero) is 1. The van der Waals surface area contributed by atoms with Gasteiger partial charge in [0.05, 0.1) is 22.1 Å². The molecule has 10 nitrogen and oxygen atoms in total. The number of thiophene rings is 1. The van der Waals surface area contributed by atoms with Gasteiger partial charge in [0.25, 0.3) is 0 Å². The fourth-order valence-electron chi connectivity index (χ4n) is 4.25. The largest absolute Gasteiger partial charge is 0.325 e. The molecule has 6 aromatic rings. The van der Waals surface area contributed by atoms with Crippen molar-refractivity contribution in [1.29, 1.82) is 0 Å². The predicted molar refractivity (Wildman–Crippen MR) is 147 cm³/mol. The maximum Gasteiger partial charge on any atom is 0.224 e. The fraction of sp³-hybridized carbons (Fsp3) is 0.148. The zero-order valence-corrected chi connectivity index (χ0v) is 21.4. The Kier molecular flexibility index (Phi) is 5.97. The molecule has 6 aromatic heterocycles. The summed E-state index contributed by atoms with van der Waals surface area (Å²) in [5.41, 5.74) is 5.69. The monoisotopic (exact) mass is 522 g/mol. The number of hydrogen-bond acceptors (Lipinski definition) is 8. The zero-order valence-electron chi connectivity index (χ0n) is 20.6. The van der Waals surface area contributed by atoms with Gasteiger partial charge in [-0.15, -0.1) is 11.3 Å². The number of H-pyrrole nitrogens is 2. The first kappa shape index (κ1) is 23.6. The van der Waals surface area contributed by atoms with Gasteiger partial charge < -0.3 is 10.3 Å². The average Bonchev–Trinajstić information content (AvgIpc) is 3.66. The van der Waals surface area contributed by atoms with E-state index < -0.39 is 0 Å². The maximum atomic E-state index is 12.0. The Morgan fingerprint density at radius 1 is 1.03 bits per heavy atom. The summed E-state index contributed by atoms with van der Waals surface area (Å²) in [6.45, 7) is 3.52. The summed E-state index contributed by atoms with van der Waals surface area (Å²) in [5, 5.41) is 11.1. The van der Waals surface area contributed by atoms with E-state index in [2.05, 4.69) is 35.5 Å². The van der Waals surface area contributed by atoms with Gasteiger partial charge >= 0.3 is 0 Å². The van der Waals surface area contributed by atoms with Crippen LogP contribution in [-0.2, 0) is 4.79 Å². The Labute approximate surface area is 220 Å². The SMILES string of the molecule is CCCC(=O)Nc1cncc(-c2cnc3[nH]nc(-c4nc5c(-c6ccc(C(C)=O)s6)ccnc5[nH]4)c3c2)c1. The Bertz CT molecular complexity index is 1830. The van der Waals surface area contributed by atoms with Crippen LogP contribution in [0.3, 0.4) is 0 Å². The molecule has 0 aliphatic heterocycles. The number of fused-ring (bicyclic) bond motifs is 2. The molecule has 3 N–H and O–H groups in total. The van der Waals surface area contributed by atoms with Crippen LogP contribution in [-0.4, -0.2) is 46.8 Å². The lowest BCUT2D eigenvalue weighted by Crippen LogP contribution is -2.10. The Balaban J connectivity index is 1.39. The number of carbonyl (C=O) groups is 2. The lowest BCUT2D eigenvalue weighted by atomic mass is 10.1. The van der Waals surface area contributed by atoms with Crippen molar-refractivity contribution >= 4 is 50.9 Å². The van der Waals surface area contributed by atoms with Crippen LogP contribution in [0.5, 0.6) is 0 Å². The number of pyridine rings is 3. The molecule has 0 unspecified atom stereocenters. The quantitative estimate of drug-likeness (QED) is 0.231. The number of nitrogens with zero attached hydrogens (tertiary/aromatic N) is 5. The molecule has 0 fully saturated rings. The molecule has 1 amide bonds. The highest BCUT2D eigenvalue weighted by Gasteiger charge is 2.18. The molecular formula is C27H22N8O2S. The highest BCUT2D eigenvalue weighted by atomic mass is 32.1. The Hall–Kier alpha value is -4.77. The molecule has 6 heterocycles. The van der Waals surface area contributed by atoms with Gasteiger partial charge in [0, 0.05) is 46.6 Å². The van der Waals surface area contributed by atoms with Crippen LogP contribution in [0.4, 0.5) is 5.69 Å². The first-order valence-electron chi connectivity index (χ1n) is 12.1. The van der Waals surface area contributed by atoms with Gasteiger partial charge in [0.1, 0.15) is 11.2 Å². The van der Waals surface area contributed by atoms with Crippen molar-refractivity contribution < 1.29 is 9.59 Å². The fourth-order valence-corrected chi connectivity index (χ4v) is 5.18. The molecule has 6 rings (SSSR count). The minimum atomic E-state index is -0.0462. The highest BCUT2D eigenvalue weighted by molar-refractivity contribution is 7.17. The molecule has 11 heteroatoms. The van der Waals surface area contributed by atoms with Crippen molar-refractivity contribution in [3.05, 3.63) is 60.0 Å². The van der Waals surface area contributed by atoms with Crippen LogP contribution < -0.4 is 5.32 Å². The Morgan fingerprint density at radius 2 is 1.89 bits per heavy atom. The third kappa shape index (κ3) is 4.33. The molecular weight excluding hydrogens is 500 g/mol. The van der Waals surface area contributed by atoms with Gasteiger partial charge in [-0.25, -0.2) is 15.0 Å². The molecule has 0 spiro atoms. The summed E-state index contributed by atoms with van der Waals surface area (Å²) in [7, 11) is 0. The van der Waals surface area contributed by atoms with E-state index in [1.54, 1.807) is 31.7 Å². The number of rotatable bonds is 7. The van der Waals surface area contributed by atoms with E-state index in [1.165, 1.54) is 11.3 Å². The molecule has 188 valence electrons. The van der Waals surface area contributed by atoms with Crippen LogP contribution in [0.2, 0.25) is 0 Å².